The molecule has 2 N–H and O–H groups in total. The van der Waals surface area contributed by atoms with Crippen molar-refractivity contribution < 1.29 is 14.0 Å². The van der Waals surface area contributed by atoms with E-state index in [1.165, 1.54) is 22.6 Å². The van der Waals surface area contributed by atoms with Crippen LogP contribution in [0, 0.1) is 5.82 Å². The molecule has 5 nitrogen and oxygen atoms in total. The van der Waals surface area contributed by atoms with E-state index < -0.39 is 5.82 Å². The van der Waals surface area contributed by atoms with Gasteiger partial charge in [-0.3, -0.25) is 4.79 Å². The van der Waals surface area contributed by atoms with Gasteiger partial charge < -0.3 is 15.5 Å². The van der Waals surface area contributed by atoms with Gasteiger partial charge in [-0.2, -0.15) is 0 Å². The van der Waals surface area contributed by atoms with Gasteiger partial charge in [-0.1, -0.05) is 25.1 Å². The number of hydrogen-bond acceptors (Lipinski definition) is 2. The van der Waals surface area contributed by atoms with Crippen LogP contribution in [0.25, 0.3) is 0 Å². The molecule has 0 saturated carbocycles. The van der Waals surface area contributed by atoms with Gasteiger partial charge in [-0.05, 0) is 42.3 Å². The Morgan fingerprint density at radius 2 is 2.00 bits per heavy atom. The van der Waals surface area contributed by atoms with Crippen molar-refractivity contribution in [2.24, 2.45) is 0 Å². The molecule has 25 heavy (non-hydrogen) atoms. The number of hydrogen-bond donors (Lipinski definition) is 2. The van der Waals surface area contributed by atoms with Crippen molar-refractivity contribution in [3.05, 3.63) is 59.9 Å². The number of urea groups is 1. The predicted octanol–water partition coefficient (Wildman–Crippen LogP) is 3.32. The van der Waals surface area contributed by atoms with Gasteiger partial charge in [0.1, 0.15) is 5.82 Å². The Kier molecular flexibility index (Phi) is 4.97. The third-order valence-corrected chi connectivity index (χ3v) is 4.20. The van der Waals surface area contributed by atoms with E-state index in [0.29, 0.717) is 17.9 Å². The Labute approximate surface area is 145 Å². The van der Waals surface area contributed by atoms with Crippen LogP contribution in [-0.2, 0) is 11.2 Å². The maximum absolute atomic E-state index is 13.3. The van der Waals surface area contributed by atoms with E-state index >= 15 is 0 Å². The Morgan fingerprint density at radius 3 is 2.68 bits per heavy atom. The summed E-state index contributed by atoms with van der Waals surface area (Å²) < 4.78 is 13.3. The Morgan fingerprint density at radius 1 is 1.24 bits per heavy atom. The summed E-state index contributed by atoms with van der Waals surface area (Å²) >= 11 is 0. The molecule has 1 atom stereocenters. The lowest BCUT2D eigenvalue weighted by Gasteiger charge is -2.17. The van der Waals surface area contributed by atoms with Crippen LogP contribution in [0.4, 0.5) is 20.6 Å². The third kappa shape index (κ3) is 4.15. The lowest BCUT2D eigenvalue weighted by molar-refractivity contribution is -0.117. The molecular weight excluding hydrogens is 321 g/mol. The molecule has 0 aliphatic carbocycles. The van der Waals surface area contributed by atoms with E-state index in [0.717, 1.165) is 6.42 Å². The highest BCUT2D eigenvalue weighted by molar-refractivity contribution is 5.97. The minimum Gasteiger partial charge on any atom is -0.333 e. The summed E-state index contributed by atoms with van der Waals surface area (Å²) in [6.45, 7) is 2.39. The first kappa shape index (κ1) is 17.0. The lowest BCUT2D eigenvalue weighted by atomic mass is 10.1. The second kappa shape index (κ2) is 7.34. The molecule has 0 unspecified atom stereocenters. The number of anilines is 2. The highest BCUT2D eigenvalue weighted by Crippen LogP contribution is 2.22. The fraction of sp³-hybridized carbons (Fsp3) is 0.263. The van der Waals surface area contributed by atoms with Gasteiger partial charge in [0.2, 0.25) is 5.91 Å². The molecule has 3 amide bonds. The van der Waals surface area contributed by atoms with E-state index in [-0.39, 0.29) is 24.4 Å². The highest BCUT2D eigenvalue weighted by Gasteiger charge is 2.31. The van der Waals surface area contributed by atoms with Crippen molar-refractivity contribution >= 4 is 23.3 Å². The monoisotopic (exact) mass is 341 g/mol. The Balaban J connectivity index is 1.58. The van der Waals surface area contributed by atoms with Crippen LogP contribution >= 0.6 is 0 Å². The SMILES string of the molecule is CCc1ccc(NC(=O)N[C@@H]2CC(=O)N(c3cccc(F)c3)C2)cc1. The quantitative estimate of drug-likeness (QED) is 0.896. The number of halogens is 1. The van der Waals surface area contributed by atoms with E-state index in [1.807, 2.05) is 24.3 Å². The second-order valence-electron chi connectivity index (χ2n) is 6.03. The normalized spacial score (nSPS) is 16.8. The third-order valence-electron chi connectivity index (χ3n) is 4.20. The molecule has 1 aliphatic rings. The average Bonchev–Trinajstić information content (AvgIpc) is 2.95. The summed E-state index contributed by atoms with van der Waals surface area (Å²) in [5.74, 6) is -0.529. The van der Waals surface area contributed by atoms with E-state index in [1.54, 1.807) is 12.1 Å². The molecule has 1 aliphatic heterocycles. The average molecular weight is 341 g/mol. The molecule has 0 aromatic heterocycles. The van der Waals surface area contributed by atoms with E-state index in [2.05, 4.69) is 17.6 Å². The summed E-state index contributed by atoms with van der Waals surface area (Å²) in [5, 5.41) is 5.55. The van der Waals surface area contributed by atoms with E-state index in [9.17, 15) is 14.0 Å². The molecule has 6 heteroatoms. The van der Waals surface area contributed by atoms with Crippen molar-refractivity contribution in [3.63, 3.8) is 0 Å². The molecule has 1 heterocycles. The summed E-state index contributed by atoms with van der Waals surface area (Å²) in [7, 11) is 0. The number of nitrogens with zero attached hydrogens (tertiary/aromatic N) is 1. The van der Waals surface area contributed by atoms with Gasteiger partial charge in [-0.15, -0.1) is 0 Å². The van der Waals surface area contributed by atoms with Crippen LogP contribution in [-0.4, -0.2) is 24.5 Å². The van der Waals surface area contributed by atoms with E-state index in [4.69, 9.17) is 0 Å². The van der Waals surface area contributed by atoms with Gasteiger partial charge in [0.25, 0.3) is 0 Å². The first-order valence-corrected chi connectivity index (χ1v) is 8.27. The van der Waals surface area contributed by atoms with Crippen LogP contribution < -0.4 is 15.5 Å². The van der Waals surface area contributed by atoms with Gasteiger partial charge in [0.15, 0.2) is 0 Å². The zero-order chi connectivity index (χ0) is 17.8. The number of rotatable bonds is 4. The number of amides is 3. The van der Waals surface area contributed by atoms with Gasteiger partial charge in [0, 0.05) is 24.3 Å². The summed E-state index contributed by atoms with van der Waals surface area (Å²) in [4.78, 5) is 25.7. The number of benzene rings is 2. The number of aryl methyl sites for hydroxylation is 1. The number of carbonyl (C=O) groups is 2. The van der Waals surface area contributed by atoms with Crippen LogP contribution in [0.5, 0.6) is 0 Å². The molecule has 1 fully saturated rings. The molecule has 3 rings (SSSR count). The zero-order valence-electron chi connectivity index (χ0n) is 14.0. The molecule has 0 spiro atoms. The Hall–Kier alpha value is -2.89. The maximum Gasteiger partial charge on any atom is 0.319 e. The lowest BCUT2D eigenvalue weighted by Crippen LogP contribution is -2.39. The minimum atomic E-state index is -0.394. The summed E-state index contributed by atoms with van der Waals surface area (Å²) in [5.41, 5.74) is 2.39. The van der Waals surface area contributed by atoms with Crippen LogP contribution in [0.3, 0.4) is 0 Å². The molecule has 130 valence electrons. The molecule has 2 aromatic carbocycles. The highest BCUT2D eigenvalue weighted by atomic mass is 19.1. The first-order chi connectivity index (χ1) is 12.0. The van der Waals surface area contributed by atoms with Crippen LogP contribution in [0.1, 0.15) is 18.9 Å². The van der Waals surface area contributed by atoms with Crippen molar-refractivity contribution in [2.45, 2.75) is 25.8 Å². The fourth-order valence-electron chi connectivity index (χ4n) is 2.87. The maximum atomic E-state index is 13.3. The second-order valence-corrected chi connectivity index (χ2v) is 6.03. The van der Waals surface area contributed by atoms with Gasteiger partial charge in [-0.25, -0.2) is 9.18 Å². The van der Waals surface area contributed by atoms with Crippen LogP contribution in [0.15, 0.2) is 48.5 Å². The smallest absolute Gasteiger partial charge is 0.319 e. The standard InChI is InChI=1S/C19H20FN3O2/c1-2-13-6-8-15(9-7-13)21-19(25)22-16-11-18(24)23(12-16)17-5-3-4-14(20)10-17/h3-10,16H,2,11-12H2,1H3,(H2,21,22,25)/t16-/m1/s1. The van der Waals surface area contributed by atoms with Crippen molar-refractivity contribution in [1.29, 1.82) is 0 Å². The number of nitrogens with one attached hydrogen (secondary N) is 2. The largest absolute Gasteiger partial charge is 0.333 e. The topological polar surface area (TPSA) is 61.4 Å². The molecule has 2 aromatic rings. The molecule has 0 radical (unpaired) electrons. The fourth-order valence-corrected chi connectivity index (χ4v) is 2.87. The molecule has 1 saturated heterocycles. The van der Waals surface area contributed by atoms with Gasteiger partial charge >= 0.3 is 6.03 Å². The number of carbonyl (C=O) groups excluding carboxylic acids is 2. The van der Waals surface area contributed by atoms with Crippen molar-refractivity contribution in [1.82, 2.24) is 5.32 Å². The summed E-state index contributed by atoms with van der Waals surface area (Å²) in [6, 6.07) is 12.8. The summed E-state index contributed by atoms with van der Waals surface area (Å²) in [6.07, 6.45) is 1.13. The van der Waals surface area contributed by atoms with Crippen molar-refractivity contribution in [3.8, 4) is 0 Å². The van der Waals surface area contributed by atoms with Crippen LogP contribution in [0.2, 0.25) is 0 Å². The Bertz CT molecular complexity index is 776. The molecular formula is C19H20FN3O2. The minimum absolute atomic E-state index is 0.136. The predicted molar refractivity (Wildman–Crippen MR) is 95.1 cm³/mol. The molecule has 0 bridgehead atoms. The first-order valence-electron chi connectivity index (χ1n) is 8.27. The van der Waals surface area contributed by atoms with Gasteiger partial charge in [0.05, 0.1) is 6.04 Å². The van der Waals surface area contributed by atoms with Crippen molar-refractivity contribution in [2.75, 3.05) is 16.8 Å². The zero-order valence-corrected chi connectivity index (χ0v) is 14.0.